The Labute approximate surface area is 208 Å². The van der Waals surface area contributed by atoms with Crippen molar-refractivity contribution >= 4 is 23.9 Å². The molecule has 0 saturated heterocycles. The maximum Gasteiger partial charge on any atom is 0.338 e. The van der Waals surface area contributed by atoms with Crippen LogP contribution >= 0.6 is 0 Å². The summed E-state index contributed by atoms with van der Waals surface area (Å²) >= 11 is 0. The van der Waals surface area contributed by atoms with Crippen molar-refractivity contribution in [3.63, 3.8) is 0 Å². The molecule has 0 spiro atoms. The Morgan fingerprint density at radius 2 is 1.83 bits per heavy atom. The van der Waals surface area contributed by atoms with Gasteiger partial charge in [-0.3, -0.25) is 14.5 Å². The van der Waals surface area contributed by atoms with Crippen LogP contribution in [0.2, 0.25) is 0 Å². The number of carbonyl (C=O) groups excluding carboxylic acids is 3. The van der Waals surface area contributed by atoms with E-state index in [2.05, 4.69) is 0 Å². The van der Waals surface area contributed by atoms with E-state index in [1.54, 1.807) is 50.2 Å². The molecule has 0 bridgehead atoms. The first-order chi connectivity index (χ1) is 17.4. The fraction of sp³-hybridized carbons (Fsp3) is 0.172. The van der Waals surface area contributed by atoms with Gasteiger partial charge in [0.15, 0.2) is 0 Å². The van der Waals surface area contributed by atoms with Gasteiger partial charge in [0, 0.05) is 17.7 Å². The van der Waals surface area contributed by atoms with Crippen LogP contribution in [0.4, 0.5) is 0 Å². The highest BCUT2D eigenvalue weighted by Gasteiger charge is 2.35. The molecule has 7 nitrogen and oxygen atoms in total. The Kier molecular flexibility index (Phi) is 7.26. The zero-order chi connectivity index (χ0) is 25.7. The zero-order valence-electron chi connectivity index (χ0n) is 20.0. The van der Waals surface area contributed by atoms with Crippen LogP contribution in [0.5, 0.6) is 0 Å². The number of ether oxygens (including phenoxy) is 1. The lowest BCUT2D eigenvalue weighted by Gasteiger charge is -2.27. The number of rotatable bonds is 7. The van der Waals surface area contributed by atoms with E-state index in [1.165, 1.54) is 6.08 Å². The first-order valence-electron chi connectivity index (χ1n) is 11.5. The Hall–Kier alpha value is -4.70. The van der Waals surface area contributed by atoms with Gasteiger partial charge in [-0.15, -0.1) is 0 Å². The van der Waals surface area contributed by atoms with Crippen molar-refractivity contribution in [2.45, 2.75) is 20.3 Å². The first kappa shape index (κ1) is 24.4. The second-order valence-corrected chi connectivity index (χ2v) is 8.17. The second kappa shape index (κ2) is 10.7. The number of carbonyl (C=O) groups is 3. The summed E-state index contributed by atoms with van der Waals surface area (Å²) in [5.74, 6) is -0.621. The molecule has 4 rings (SSSR count). The molecule has 0 unspecified atom stereocenters. The number of amides is 2. The summed E-state index contributed by atoms with van der Waals surface area (Å²) in [7, 11) is 0. The molecule has 7 heteroatoms. The molecule has 0 radical (unpaired) electrons. The van der Waals surface area contributed by atoms with E-state index in [0.717, 1.165) is 10.5 Å². The molecule has 1 aliphatic heterocycles. The number of benzene rings is 2. The Morgan fingerprint density at radius 3 is 2.56 bits per heavy atom. The Morgan fingerprint density at radius 1 is 1.06 bits per heavy atom. The molecule has 3 aromatic rings. The van der Waals surface area contributed by atoms with Gasteiger partial charge >= 0.3 is 5.97 Å². The molecular formula is C29H24N2O5. The normalized spacial score (nSPS) is 14.8. The smallest absolute Gasteiger partial charge is 0.338 e. The zero-order valence-corrected chi connectivity index (χ0v) is 20.0. The van der Waals surface area contributed by atoms with Crippen LogP contribution in [0.3, 0.4) is 0 Å². The topological polar surface area (TPSA) is 101 Å². The standard InChI is InChI=1S/C29H24N2O5/c1-3-35-29(34)22-11-7-10-21(16-22)26-13-12-23(36-26)17-24-19(2)25(18-30)28(33)31(27(24)32)15-14-20-8-5-4-6-9-20/h4-13,16-17H,3,14-15H2,1-2H3/b24-17+. The van der Waals surface area contributed by atoms with E-state index in [9.17, 15) is 19.6 Å². The van der Waals surface area contributed by atoms with Gasteiger partial charge in [0.2, 0.25) is 0 Å². The monoisotopic (exact) mass is 480 g/mol. The second-order valence-electron chi connectivity index (χ2n) is 8.17. The van der Waals surface area contributed by atoms with Gasteiger partial charge in [0.25, 0.3) is 11.8 Å². The van der Waals surface area contributed by atoms with Crippen LogP contribution in [-0.2, 0) is 20.7 Å². The number of furan rings is 1. The number of imide groups is 1. The molecular weight excluding hydrogens is 456 g/mol. The molecule has 0 atom stereocenters. The van der Waals surface area contributed by atoms with Crippen molar-refractivity contribution < 1.29 is 23.5 Å². The fourth-order valence-electron chi connectivity index (χ4n) is 3.96. The molecule has 36 heavy (non-hydrogen) atoms. The highest BCUT2D eigenvalue weighted by molar-refractivity contribution is 6.19. The molecule has 0 saturated carbocycles. The summed E-state index contributed by atoms with van der Waals surface area (Å²) in [5, 5.41) is 9.61. The average molecular weight is 481 g/mol. The fourth-order valence-corrected chi connectivity index (χ4v) is 3.96. The van der Waals surface area contributed by atoms with E-state index in [4.69, 9.17) is 9.15 Å². The largest absolute Gasteiger partial charge is 0.462 e. The highest BCUT2D eigenvalue weighted by Crippen LogP contribution is 2.29. The van der Waals surface area contributed by atoms with Gasteiger partial charge in [-0.2, -0.15) is 5.26 Å². The van der Waals surface area contributed by atoms with Crippen molar-refractivity contribution in [3.05, 3.63) is 100 Å². The van der Waals surface area contributed by atoms with E-state index in [-0.39, 0.29) is 24.3 Å². The van der Waals surface area contributed by atoms with Gasteiger partial charge in [0.05, 0.1) is 12.2 Å². The number of nitriles is 1. The first-order valence-corrected chi connectivity index (χ1v) is 11.5. The van der Waals surface area contributed by atoms with Crippen molar-refractivity contribution in [2.24, 2.45) is 0 Å². The molecule has 1 aliphatic rings. The Bertz CT molecular complexity index is 1420. The highest BCUT2D eigenvalue weighted by atomic mass is 16.5. The van der Waals surface area contributed by atoms with Gasteiger partial charge in [-0.05, 0) is 61.7 Å². The van der Waals surface area contributed by atoms with Gasteiger partial charge in [-0.1, -0.05) is 42.5 Å². The van der Waals surface area contributed by atoms with E-state index in [1.807, 2.05) is 36.4 Å². The van der Waals surface area contributed by atoms with E-state index < -0.39 is 17.8 Å². The predicted octanol–water partition coefficient (Wildman–Crippen LogP) is 4.96. The third-order valence-corrected chi connectivity index (χ3v) is 5.86. The molecule has 2 heterocycles. The predicted molar refractivity (Wildman–Crippen MR) is 133 cm³/mol. The third kappa shape index (κ3) is 5.03. The lowest BCUT2D eigenvalue weighted by molar-refractivity contribution is -0.140. The van der Waals surface area contributed by atoms with Gasteiger partial charge in [0.1, 0.15) is 23.2 Å². The minimum absolute atomic E-state index is 0.0668. The number of esters is 1. The van der Waals surface area contributed by atoms with Crippen molar-refractivity contribution in [3.8, 4) is 17.4 Å². The van der Waals surface area contributed by atoms with Crippen LogP contribution in [0.1, 0.15) is 35.5 Å². The number of hydrogen-bond acceptors (Lipinski definition) is 6. The van der Waals surface area contributed by atoms with Crippen LogP contribution < -0.4 is 0 Å². The van der Waals surface area contributed by atoms with Crippen molar-refractivity contribution in [2.75, 3.05) is 13.2 Å². The third-order valence-electron chi connectivity index (χ3n) is 5.86. The lowest BCUT2D eigenvalue weighted by Crippen LogP contribution is -2.43. The maximum atomic E-state index is 13.3. The van der Waals surface area contributed by atoms with Crippen LogP contribution in [-0.4, -0.2) is 35.8 Å². The summed E-state index contributed by atoms with van der Waals surface area (Å²) in [6.07, 6.45) is 2.01. The maximum absolute atomic E-state index is 13.3. The summed E-state index contributed by atoms with van der Waals surface area (Å²) in [6, 6.07) is 21.7. The van der Waals surface area contributed by atoms with Crippen LogP contribution in [0, 0.1) is 11.3 Å². The van der Waals surface area contributed by atoms with E-state index >= 15 is 0 Å². The number of hydrogen-bond donors (Lipinski definition) is 0. The van der Waals surface area contributed by atoms with Gasteiger partial charge in [-0.25, -0.2) is 4.79 Å². The van der Waals surface area contributed by atoms with E-state index in [0.29, 0.717) is 34.6 Å². The molecule has 1 aromatic heterocycles. The lowest BCUT2D eigenvalue weighted by atomic mass is 9.94. The molecule has 0 aliphatic carbocycles. The number of nitrogens with zero attached hydrogens (tertiary/aromatic N) is 2. The quantitative estimate of drug-likeness (QED) is 0.269. The SMILES string of the molecule is CCOC(=O)c1cccc(-c2ccc(/C=C3/C(=O)N(CCc4ccccc4)C(=O)C(C#N)=C3C)o2)c1. The molecule has 2 aromatic carbocycles. The molecule has 0 N–H and O–H groups in total. The van der Waals surface area contributed by atoms with Crippen LogP contribution in [0.25, 0.3) is 17.4 Å². The van der Waals surface area contributed by atoms with Gasteiger partial charge < -0.3 is 9.15 Å². The average Bonchev–Trinajstić information content (AvgIpc) is 3.36. The summed E-state index contributed by atoms with van der Waals surface area (Å²) in [4.78, 5) is 39.3. The molecule has 0 fully saturated rings. The summed E-state index contributed by atoms with van der Waals surface area (Å²) in [5.41, 5.74) is 2.52. The molecule has 180 valence electrons. The minimum atomic E-state index is -0.594. The van der Waals surface area contributed by atoms with Crippen molar-refractivity contribution in [1.82, 2.24) is 4.90 Å². The summed E-state index contributed by atoms with van der Waals surface area (Å²) < 4.78 is 11.0. The Balaban J connectivity index is 1.63. The van der Waals surface area contributed by atoms with Crippen LogP contribution in [0.15, 0.2) is 87.9 Å². The molecule has 2 amide bonds. The minimum Gasteiger partial charge on any atom is -0.462 e. The van der Waals surface area contributed by atoms with Crippen molar-refractivity contribution in [1.29, 1.82) is 5.26 Å². The summed E-state index contributed by atoms with van der Waals surface area (Å²) in [6.45, 7) is 3.76.